The smallest absolute Gasteiger partial charge is 0.0967 e. The molecule has 0 aliphatic carbocycles. The summed E-state index contributed by atoms with van der Waals surface area (Å²) in [5.41, 5.74) is 4.82. The molecule has 140 valence electrons. The fourth-order valence-electron chi connectivity index (χ4n) is 3.77. The van der Waals surface area contributed by atoms with E-state index in [4.69, 9.17) is 0 Å². The van der Waals surface area contributed by atoms with Crippen LogP contribution in [0.3, 0.4) is 0 Å². The van der Waals surface area contributed by atoms with E-state index >= 15 is 0 Å². The molecule has 6 nitrogen and oxygen atoms in total. The van der Waals surface area contributed by atoms with Gasteiger partial charge in [0, 0.05) is 31.7 Å². The number of benzene rings is 1. The largest absolute Gasteiger partial charge is 0.388 e. The lowest BCUT2D eigenvalue weighted by Crippen LogP contribution is -2.32. The van der Waals surface area contributed by atoms with Gasteiger partial charge in [-0.3, -0.25) is 9.88 Å². The van der Waals surface area contributed by atoms with E-state index < -0.39 is 0 Å². The molecule has 6 heteroatoms. The zero-order chi connectivity index (χ0) is 18.5. The molecular weight excluding hydrogens is 336 g/mol. The standard InChI is InChI=1S/C21H26N6/c1-22-20-6-2-5-19(12-20)18-7-10-26(11-8-18)15-21-16-27(25-24-21)14-17-4-3-9-23-13-17/h2-6,9,12-13,16,18,22H,7-8,10-11,14-15H2,1H3. The average molecular weight is 362 g/mol. The van der Waals surface area contributed by atoms with Crippen molar-refractivity contribution in [1.29, 1.82) is 0 Å². The van der Waals surface area contributed by atoms with Gasteiger partial charge in [0.2, 0.25) is 0 Å². The predicted molar refractivity (Wildman–Crippen MR) is 107 cm³/mol. The SMILES string of the molecule is CNc1cccc(C2CCN(Cc3cn(Cc4cccnc4)nn3)CC2)c1. The van der Waals surface area contributed by atoms with Crippen LogP contribution in [0.4, 0.5) is 5.69 Å². The molecule has 2 aromatic heterocycles. The summed E-state index contributed by atoms with van der Waals surface area (Å²) in [6.07, 6.45) is 8.09. The molecule has 0 saturated carbocycles. The summed E-state index contributed by atoms with van der Waals surface area (Å²) >= 11 is 0. The summed E-state index contributed by atoms with van der Waals surface area (Å²) in [6.45, 7) is 3.79. The molecule has 1 N–H and O–H groups in total. The van der Waals surface area contributed by atoms with Crippen LogP contribution in [0.5, 0.6) is 0 Å². The summed E-state index contributed by atoms with van der Waals surface area (Å²) in [5, 5.41) is 11.8. The third-order valence-electron chi connectivity index (χ3n) is 5.27. The molecule has 27 heavy (non-hydrogen) atoms. The Bertz CT molecular complexity index is 852. The Morgan fingerprint density at radius 1 is 1.11 bits per heavy atom. The highest BCUT2D eigenvalue weighted by molar-refractivity contribution is 5.46. The van der Waals surface area contributed by atoms with Crippen LogP contribution in [0.25, 0.3) is 0 Å². The second-order valence-electron chi connectivity index (χ2n) is 7.19. The van der Waals surface area contributed by atoms with Crippen molar-refractivity contribution in [3.63, 3.8) is 0 Å². The lowest BCUT2D eigenvalue weighted by atomic mass is 9.89. The van der Waals surface area contributed by atoms with Crippen LogP contribution >= 0.6 is 0 Å². The van der Waals surface area contributed by atoms with Gasteiger partial charge in [0.15, 0.2) is 0 Å². The number of pyridine rings is 1. The minimum Gasteiger partial charge on any atom is -0.388 e. The van der Waals surface area contributed by atoms with Gasteiger partial charge in [-0.05, 0) is 61.2 Å². The van der Waals surface area contributed by atoms with Gasteiger partial charge in [0.1, 0.15) is 0 Å². The fraction of sp³-hybridized carbons (Fsp3) is 0.381. The molecule has 0 radical (unpaired) electrons. The zero-order valence-corrected chi connectivity index (χ0v) is 15.8. The summed E-state index contributed by atoms with van der Waals surface area (Å²) in [6, 6.07) is 12.8. The first-order chi connectivity index (χ1) is 13.3. The van der Waals surface area contributed by atoms with Crippen LogP contribution in [0.1, 0.15) is 35.6 Å². The molecule has 1 aromatic carbocycles. The first kappa shape index (κ1) is 17.7. The van der Waals surface area contributed by atoms with Crippen LogP contribution in [0.2, 0.25) is 0 Å². The van der Waals surface area contributed by atoms with Crippen molar-refractivity contribution in [3.8, 4) is 0 Å². The molecule has 0 atom stereocenters. The molecule has 0 unspecified atom stereocenters. The Hall–Kier alpha value is -2.73. The lowest BCUT2D eigenvalue weighted by molar-refractivity contribution is 0.202. The van der Waals surface area contributed by atoms with Gasteiger partial charge in [-0.2, -0.15) is 0 Å². The van der Waals surface area contributed by atoms with Crippen LogP contribution in [-0.4, -0.2) is 45.0 Å². The van der Waals surface area contributed by atoms with E-state index in [1.54, 1.807) is 6.20 Å². The van der Waals surface area contributed by atoms with Crippen LogP contribution in [0.15, 0.2) is 55.0 Å². The molecular formula is C21H26N6. The molecule has 0 amide bonds. The Kier molecular flexibility index (Phi) is 5.44. The first-order valence-electron chi connectivity index (χ1n) is 9.58. The maximum atomic E-state index is 4.35. The fourth-order valence-corrected chi connectivity index (χ4v) is 3.77. The van der Waals surface area contributed by atoms with Gasteiger partial charge < -0.3 is 5.32 Å². The van der Waals surface area contributed by atoms with E-state index in [0.29, 0.717) is 12.5 Å². The highest BCUT2D eigenvalue weighted by Gasteiger charge is 2.21. The van der Waals surface area contributed by atoms with E-state index in [-0.39, 0.29) is 0 Å². The van der Waals surface area contributed by atoms with Gasteiger partial charge in [-0.1, -0.05) is 23.4 Å². The Balaban J connectivity index is 1.30. The highest BCUT2D eigenvalue weighted by Crippen LogP contribution is 2.29. The Morgan fingerprint density at radius 2 is 2.00 bits per heavy atom. The third kappa shape index (κ3) is 4.52. The molecule has 0 spiro atoms. The number of hydrogen-bond acceptors (Lipinski definition) is 5. The van der Waals surface area contributed by atoms with Crippen molar-refractivity contribution < 1.29 is 0 Å². The van der Waals surface area contributed by atoms with Crippen molar-refractivity contribution in [2.24, 2.45) is 0 Å². The predicted octanol–water partition coefficient (Wildman–Crippen LogP) is 3.14. The molecule has 0 bridgehead atoms. The molecule has 1 saturated heterocycles. The number of rotatable bonds is 6. The Morgan fingerprint density at radius 3 is 2.78 bits per heavy atom. The van der Waals surface area contributed by atoms with Crippen molar-refractivity contribution in [3.05, 3.63) is 71.8 Å². The number of aromatic nitrogens is 4. The van der Waals surface area contributed by atoms with Crippen LogP contribution in [0, 0.1) is 0 Å². The van der Waals surface area contributed by atoms with Gasteiger partial charge in [-0.15, -0.1) is 5.10 Å². The highest BCUT2D eigenvalue weighted by atomic mass is 15.4. The van der Waals surface area contributed by atoms with E-state index in [9.17, 15) is 0 Å². The average Bonchev–Trinajstić information content (AvgIpc) is 3.16. The number of likely N-dealkylation sites (tertiary alicyclic amines) is 1. The van der Waals surface area contributed by atoms with Crippen molar-refractivity contribution in [2.75, 3.05) is 25.5 Å². The molecule has 1 fully saturated rings. The third-order valence-corrected chi connectivity index (χ3v) is 5.27. The monoisotopic (exact) mass is 362 g/mol. The van der Waals surface area contributed by atoms with Gasteiger partial charge >= 0.3 is 0 Å². The second kappa shape index (κ2) is 8.31. The summed E-state index contributed by atoms with van der Waals surface area (Å²) in [5.74, 6) is 0.649. The molecule has 3 heterocycles. The number of hydrogen-bond donors (Lipinski definition) is 1. The minimum atomic E-state index is 0.649. The van der Waals surface area contributed by atoms with Crippen LogP contribution < -0.4 is 5.32 Å². The van der Waals surface area contributed by atoms with Gasteiger partial charge in [0.05, 0.1) is 18.4 Å². The van der Waals surface area contributed by atoms with Gasteiger partial charge in [0.25, 0.3) is 0 Å². The summed E-state index contributed by atoms with van der Waals surface area (Å²) in [7, 11) is 1.98. The number of nitrogens with zero attached hydrogens (tertiary/aromatic N) is 5. The van der Waals surface area contributed by atoms with Crippen molar-refractivity contribution >= 4 is 5.69 Å². The quantitative estimate of drug-likeness (QED) is 0.730. The normalized spacial score (nSPS) is 15.7. The maximum absolute atomic E-state index is 4.35. The first-order valence-corrected chi connectivity index (χ1v) is 9.58. The molecule has 1 aliphatic rings. The lowest BCUT2D eigenvalue weighted by Gasteiger charge is -2.31. The molecule has 4 rings (SSSR count). The van der Waals surface area contributed by atoms with E-state index in [1.165, 1.54) is 24.1 Å². The number of anilines is 1. The van der Waals surface area contributed by atoms with Crippen molar-refractivity contribution in [2.45, 2.75) is 31.8 Å². The number of nitrogens with one attached hydrogen (secondary N) is 1. The molecule has 3 aromatic rings. The maximum Gasteiger partial charge on any atom is 0.0967 e. The zero-order valence-electron chi connectivity index (χ0n) is 15.8. The Labute approximate surface area is 160 Å². The number of piperidine rings is 1. The van der Waals surface area contributed by atoms with Crippen LogP contribution in [-0.2, 0) is 13.1 Å². The second-order valence-corrected chi connectivity index (χ2v) is 7.19. The van der Waals surface area contributed by atoms with E-state index in [2.05, 4.69) is 62.0 Å². The summed E-state index contributed by atoms with van der Waals surface area (Å²) in [4.78, 5) is 6.63. The molecule has 1 aliphatic heterocycles. The van der Waals surface area contributed by atoms with Gasteiger partial charge in [-0.25, -0.2) is 4.68 Å². The summed E-state index contributed by atoms with van der Waals surface area (Å²) < 4.78 is 1.89. The van der Waals surface area contributed by atoms with E-state index in [1.807, 2.05) is 24.0 Å². The van der Waals surface area contributed by atoms with Crippen molar-refractivity contribution in [1.82, 2.24) is 24.9 Å². The van der Waals surface area contributed by atoms with E-state index in [0.717, 1.165) is 30.9 Å². The topological polar surface area (TPSA) is 58.9 Å². The minimum absolute atomic E-state index is 0.649.